The second-order valence-corrected chi connectivity index (χ2v) is 8.72. The summed E-state index contributed by atoms with van der Waals surface area (Å²) in [5.74, 6) is 0.192. The van der Waals surface area contributed by atoms with E-state index in [-0.39, 0.29) is 11.7 Å². The molecule has 11 heteroatoms. The summed E-state index contributed by atoms with van der Waals surface area (Å²) in [6.07, 6.45) is 1.98. The van der Waals surface area contributed by atoms with E-state index in [4.69, 9.17) is 33.3 Å². The number of rotatable bonds is 8. The molecule has 3 N–H and O–H groups in total. The van der Waals surface area contributed by atoms with Crippen molar-refractivity contribution in [2.24, 2.45) is 0 Å². The third-order valence-electron chi connectivity index (χ3n) is 3.74. The Kier molecular flexibility index (Phi) is 10.5. The smallest absolute Gasteiger partial charge is 0.276 e. The van der Waals surface area contributed by atoms with Gasteiger partial charge in [-0.3, -0.25) is 25.8 Å². The molecule has 7 nitrogen and oxygen atoms in total. The fourth-order valence-electron chi connectivity index (χ4n) is 2.19. The Bertz CT molecular complexity index is 962. The molecule has 2 aromatic rings. The molecule has 0 saturated heterocycles. The van der Waals surface area contributed by atoms with Crippen LogP contribution in [0, 0.1) is 0 Å². The lowest BCUT2D eigenvalue weighted by Gasteiger charge is -2.13. The molecule has 0 atom stereocenters. The lowest BCUT2D eigenvalue weighted by molar-refractivity contribution is -0.123. The number of amides is 2. The Morgan fingerprint density at radius 2 is 1.71 bits per heavy atom. The highest BCUT2D eigenvalue weighted by Crippen LogP contribution is 2.28. The van der Waals surface area contributed by atoms with Gasteiger partial charge in [0.15, 0.2) is 11.7 Å². The van der Waals surface area contributed by atoms with E-state index in [1.54, 1.807) is 36.4 Å². The van der Waals surface area contributed by atoms with Crippen molar-refractivity contribution in [3.05, 3.63) is 55.9 Å². The molecule has 0 aliphatic carbocycles. The monoisotopic (exact) mass is 591 g/mol. The van der Waals surface area contributed by atoms with Crippen LogP contribution in [0.15, 0.2) is 45.3 Å². The van der Waals surface area contributed by atoms with Crippen LogP contribution in [-0.4, -0.2) is 30.1 Å². The quantitative estimate of drug-likeness (QED) is 0.233. The van der Waals surface area contributed by atoms with Crippen LogP contribution >= 0.6 is 55.7 Å². The Hall–Kier alpha value is -1.88. The summed E-state index contributed by atoms with van der Waals surface area (Å²) in [5, 5.41) is 2.96. The molecule has 2 rings (SSSR count). The Morgan fingerprint density at radius 3 is 2.39 bits per heavy atom. The molecule has 0 bridgehead atoms. The van der Waals surface area contributed by atoms with Crippen LogP contribution < -0.4 is 25.6 Å². The van der Waals surface area contributed by atoms with E-state index >= 15 is 0 Å². The summed E-state index contributed by atoms with van der Waals surface area (Å²) in [6.45, 7) is 2.42. The van der Waals surface area contributed by atoms with Crippen molar-refractivity contribution < 1.29 is 19.1 Å². The van der Waals surface area contributed by atoms with Crippen molar-refractivity contribution in [1.29, 1.82) is 0 Å². The van der Waals surface area contributed by atoms with E-state index in [9.17, 15) is 9.59 Å². The van der Waals surface area contributed by atoms with E-state index in [1.807, 2.05) is 0 Å². The molecule has 0 aromatic heterocycles. The van der Waals surface area contributed by atoms with Crippen LogP contribution in [0.1, 0.15) is 30.1 Å². The number of nitrogens with one attached hydrogen (secondary N) is 3. The summed E-state index contributed by atoms with van der Waals surface area (Å²) in [4.78, 5) is 24.3. The molecule has 0 radical (unpaired) electrons. The SMILES string of the molecule is CCCCOc1ccc(C(=O)NC(=S)NNC(=O)COc2ccc(Cl)cc2Br)cc1Br. The van der Waals surface area contributed by atoms with Crippen molar-refractivity contribution in [2.45, 2.75) is 19.8 Å². The van der Waals surface area contributed by atoms with Crippen molar-refractivity contribution in [3.8, 4) is 11.5 Å². The third-order valence-corrected chi connectivity index (χ3v) is 5.42. The maximum Gasteiger partial charge on any atom is 0.276 e. The number of unbranched alkanes of at least 4 members (excludes halogenated alkanes) is 1. The van der Waals surface area contributed by atoms with Gasteiger partial charge in [0.05, 0.1) is 15.6 Å². The topological polar surface area (TPSA) is 88.7 Å². The van der Waals surface area contributed by atoms with E-state index < -0.39 is 11.8 Å². The average Bonchev–Trinajstić information content (AvgIpc) is 2.72. The zero-order valence-corrected chi connectivity index (χ0v) is 21.2. The van der Waals surface area contributed by atoms with Gasteiger partial charge in [-0.2, -0.15) is 0 Å². The van der Waals surface area contributed by atoms with Gasteiger partial charge >= 0.3 is 0 Å². The molecule has 2 aromatic carbocycles. The number of hydrogen-bond acceptors (Lipinski definition) is 5. The normalized spacial score (nSPS) is 10.2. The number of ether oxygens (including phenoxy) is 2. The first kappa shape index (κ1) is 25.4. The maximum atomic E-state index is 12.3. The van der Waals surface area contributed by atoms with Gasteiger partial charge in [0.1, 0.15) is 11.5 Å². The second-order valence-electron chi connectivity index (χ2n) is 6.17. The zero-order chi connectivity index (χ0) is 22.8. The largest absolute Gasteiger partial charge is 0.492 e. The van der Waals surface area contributed by atoms with Gasteiger partial charge in [-0.15, -0.1) is 0 Å². The maximum absolute atomic E-state index is 12.3. The van der Waals surface area contributed by atoms with Crippen molar-refractivity contribution in [1.82, 2.24) is 16.2 Å². The van der Waals surface area contributed by atoms with Crippen molar-refractivity contribution in [3.63, 3.8) is 0 Å². The van der Waals surface area contributed by atoms with E-state index in [0.717, 1.165) is 12.8 Å². The van der Waals surface area contributed by atoms with Crippen LogP contribution in [0.5, 0.6) is 11.5 Å². The summed E-state index contributed by atoms with van der Waals surface area (Å²) in [6, 6.07) is 9.90. The van der Waals surface area contributed by atoms with Gasteiger partial charge < -0.3 is 9.47 Å². The van der Waals surface area contributed by atoms with Gasteiger partial charge in [0, 0.05) is 10.6 Å². The number of carbonyl (C=O) groups is 2. The molecule has 2 amide bonds. The summed E-state index contributed by atoms with van der Waals surface area (Å²) in [5.41, 5.74) is 5.18. The predicted octanol–water partition coefficient (Wildman–Crippen LogP) is 4.76. The lowest BCUT2D eigenvalue weighted by atomic mass is 10.2. The molecule has 31 heavy (non-hydrogen) atoms. The van der Waals surface area contributed by atoms with Crippen LogP contribution in [0.2, 0.25) is 5.02 Å². The Balaban J connectivity index is 1.77. The molecule has 166 valence electrons. The molecular formula is C20H20Br2ClN3O4S. The van der Waals surface area contributed by atoms with Gasteiger partial charge in [-0.05, 0) is 86.9 Å². The second kappa shape index (κ2) is 12.8. The van der Waals surface area contributed by atoms with Crippen molar-refractivity contribution >= 4 is 72.6 Å². The van der Waals surface area contributed by atoms with Crippen LogP contribution in [-0.2, 0) is 4.79 Å². The molecular weight excluding hydrogens is 574 g/mol. The highest BCUT2D eigenvalue weighted by molar-refractivity contribution is 9.10. The van der Waals surface area contributed by atoms with E-state index in [1.165, 1.54) is 0 Å². The van der Waals surface area contributed by atoms with Gasteiger partial charge in [-0.1, -0.05) is 24.9 Å². The number of carbonyl (C=O) groups excluding carboxylic acids is 2. The van der Waals surface area contributed by atoms with Gasteiger partial charge in [-0.25, -0.2) is 0 Å². The summed E-state index contributed by atoms with van der Waals surface area (Å²) in [7, 11) is 0. The van der Waals surface area contributed by atoms with E-state index in [2.05, 4.69) is 55.0 Å². The van der Waals surface area contributed by atoms with Crippen LogP contribution in [0.3, 0.4) is 0 Å². The molecule has 0 unspecified atom stereocenters. The highest BCUT2D eigenvalue weighted by atomic mass is 79.9. The predicted molar refractivity (Wildman–Crippen MR) is 131 cm³/mol. The molecule has 0 aliphatic heterocycles. The number of halogens is 3. The number of thiocarbonyl (C=S) groups is 1. The summed E-state index contributed by atoms with van der Waals surface area (Å²) < 4.78 is 12.3. The minimum absolute atomic E-state index is 0.0644. The zero-order valence-electron chi connectivity index (χ0n) is 16.5. The first-order valence-electron chi connectivity index (χ1n) is 9.20. The Labute approximate surface area is 207 Å². The number of benzene rings is 2. The molecule has 0 fully saturated rings. The minimum atomic E-state index is -0.491. The average molecular weight is 594 g/mol. The number of hydrazine groups is 1. The lowest BCUT2D eigenvalue weighted by Crippen LogP contribution is -2.49. The number of hydrogen-bond donors (Lipinski definition) is 3. The third kappa shape index (κ3) is 8.64. The first-order valence-corrected chi connectivity index (χ1v) is 11.6. The fourth-order valence-corrected chi connectivity index (χ4v) is 3.62. The fraction of sp³-hybridized carbons (Fsp3) is 0.250. The Morgan fingerprint density at radius 1 is 1.03 bits per heavy atom. The molecule has 0 heterocycles. The highest BCUT2D eigenvalue weighted by Gasteiger charge is 2.12. The van der Waals surface area contributed by atoms with Crippen molar-refractivity contribution in [2.75, 3.05) is 13.2 Å². The van der Waals surface area contributed by atoms with Gasteiger partial charge in [0.25, 0.3) is 11.8 Å². The molecule has 0 aliphatic rings. The summed E-state index contributed by atoms with van der Waals surface area (Å²) >= 11 is 17.6. The molecule has 0 spiro atoms. The van der Waals surface area contributed by atoms with Crippen LogP contribution in [0.4, 0.5) is 0 Å². The minimum Gasteiger partial charge on any atom is -0.492 e. The first-order chi connectivity index (χ1) is 14.8. The standard InChI is InChI=1S/C20H20Br2ClN3O4S/c1-2-3-8-29-16-6-4-12(9-14(16)21)19(28)24-20(31)26-25-18(27)11-30-17-7-5-13(23)10-15(17)22/h4-7,9-10H,2-3,8,11H2,1H3,(H,25,27)(H2,24,26,28,31). The molecule has 0 saturated carbocycles. The van der Waals surface area contributed by atoms with Gasteiger partial charge in [0.2, 0.25) is 0 Å². The van der Waals surface area contributed by atoms with E-state index in [0.29, 0.717) is 37.6 Å². The van der Waals surface area contributed by atoms with Crippen LogP contribution in [0.25, 0.3) is 0 Å².